The molecule has 2 heterocycles. The number of rotatable bonds is 2. The summed E-state index contributed by atoms with van der Waals surface area (Å²) in [6, 6.07) is 1.53. The second-order valence-corrected chi connectivity index (χ2v) is 5.76. The third kappa shape index (κ3) is 2.97. The molecular formula is C11H13N3O2S2. The predicted octanol–water partition coefficient (Wildman–Crippen LogP) is 2.77. The molecule has 5 nitrogen and oxygen atoms in total. The van der Waals surface area contributed by atoms with E-state index >= 15 is 0 Å². The van der Waals surface area contributed by atoms with Crippen LogP contribution in [0.25, 0.3) is 0 Å². The average molecular weight is 283 g/mol. The van der Waals surface area contributed by atoms with E-state index in [-0.39, 0.29) is 5.69 Å². The Kier molecular flexibility index (Phi) is 4.13. The van der Waals surface area contributed by atoms with E-state index in [2.05, 4.69) is 9.88 Å². The number of hydrogen-bond donors (Lipinski definition) is 0. The number of hydrogen-bond acceptors (Lipinski definition) is 5. The van der Waals surface area contributed by atoms with E-state index in [1.54, 1.807) is 0 Å². The summed E-state index contributed by atoms with van der Waals surface area (Å²) in [5.41, 5.74) is 0.805. The van der Waals surface area contributed by atoms with Gasteiger partial charge in [0.05, 0.1) is 4.92 Å². The summed E-state index contributed by atoms with van der Waals surface area (Å²) in [7, 11) is 0. The fraction of sp³-hybridized carbons (Fsp3) is 0.455. The van der Waals surface area contributed by atoms with E-state index in [1.807, 2.05) is 6.92 Å². The summed E-state index contributed by atoms with van der Waals surface area (Å²) in [4.78, 5) is 16.5. The lowest BCUT2D eigenvalue weighted by molar-refractivity contribution is -0.385. The lowest BCUT2D eigenvalue weighted by Crippen LogP contribution is -2.23. The van der Waals surface area contributed by atoms with Crippen molar-refractivity contribution in [1.82, 2.24) is 9.88 Å². The van der Waals surface area contributed by atoms with Crippen molar-refractivity contribution >= 4 is 34.0 Å². The lowest BCUT2D eigenvalue weighted by Gasteiger charge is -2.17. The fourth-order valence-corrected chi connectivity index (χ4v) is 3.02. The summed E-state index contributed by atoms with van der Waals surface area (Å²) in [6.45, 7) is 3.81. The average Bonchev–Trinajstić information content (AvgIpc) is 2.85. The maximum atomic E-state index is 10.6. The van der Waals surface area contributed by atoms with Crippen LogP contribution in [0, 0.1) is 17.0 Å². The molecule has 96 valence electrons. The quantitative estimate of drug-likeness (QED) is 0.360. The monoisotopic (exact) mass is 283 g/mol. The minimum atomic E-state index is -0.437. The molecule has 1 aliphatic heterocycles. The second-order valence-electron chi connectivity index (χ2n) is 4.13. The van der Waals surface area contributed by atoms with Crippen molar-refractivity contribution in [1.29, 1.82) is 0 Å². The van der Waals surface area contributed by atoms with Crippen molar-refractivity contribution < 1.29 is 4.92 Å². The predicted molar refractivity (Wildman–Crippen MR) is 74.9 cm³/mol. The van der Waals surface area contributed by atoms with Crippen molar-refractivity contribution in [3.05, 3.63) is 27.9 Å². The third-order valence-corrected chi connectivity index (χ3v) is 4.34. The Hall–Kier alpha value is -1.21. The van der Waals surface area contributed by atoms with Gasteiger partial charge in [0.2, 0.25) is 0 Å². The number of nitrogens with zero attached hydrogens (tertiary/aromatic N) is 3. The van der Waals surface area contributed by atoms with Crippen LogP contribution in [-0.4, -0.2) is 32.2 Å². The van der Waals surface area contributed by atoms with Gasteiger partial charge < -0.3 is 4.90 Å². The molecule has 0 spiro atoms. The summed E-state index contributed by atoms with van der Waals surface area (Å²) in [5.74, 6) is 0. The van der Waals surface area contributed by atoms with Crippen molar-refractivity contribution in [2.24, 2.45) is 0 Å². The first kappa shape index (κ1) is 13.2. The van der Waals surface area contributed by atoms with Crippen LogP contribution in [0.4, 0.5) is 5.69 Å². The third-order valence-electron chi connectivity index (χ3n) is 2.77. The molecule has 1 aromatic heterocycles. The zero-order valence-corrected chi connectivity index (χ0v) is 11.6. The van der Waals surface area contributed by atoms with E-state index in [0.29, 0.717) is 0 Å². The van der Waals surface area contributed by atoms with Gasteiger partial charge in [0.15, 0.2) is 0 Å². The zero-order chi connectivity index (χ0) is 13.1. The largest absolute Gasteiger partial charge is 0.357 e. The van der Waals surface area contributed by atoms with Gasteiger partial charge in [0.1, 0.15) is 15.5 Å². The standard InChI is InChI=1S/C11H13N3O2S2/c1-8-6-9(14(15)16)7-12-10(8)18-11(17)13-4-2-3-5-13/h6-7H,2-5H2,1H3. The molecular weight excluding hydrogens is 270 g/mol. The smallest absolute Gasteiger partial charge is 0.287 e. The number of thiocarbonyl (C=S) groups is 1. The Labute approximate surface area is 115 Å². The van der Waals surface area contributed by atoms with Crippen LogP contribution in [0.3, 0.4) is 0 Å². The maximum Gasteiger partial charge on any atom is 0.287 e. The Balaban J connectivity index is 2.09. The molecule has 0 unspecified atom stereocenters. The van der Waals surface area contributed by atoms with E-state index in [9.17, 15) is 10.1 Å². The highest BCUT2D eigenvalue weighted by Gasteiger charge is 2.18. The number of pyridine rings is 1. The first-order chi connectivity index (χ1) is 8.58. The molecule has 7 heteroatoms. The van der Waals surface area contributed by atoms with Crippen LogP contribution in [0.15, 0.2) is 17.3 Å². The first-order valence-corrected chi connectivity index (χ1v) is 6.88. The van der Waals surface area contributed by atoms with E-state index in [1.165, 1.54) is 36.9 Å². The van der Waals surface area contributed by atoms with Crippen LogP contribution in [0.5, 0.6) is 0 Å². The van der Waals surface area contributed by atoms with E-state index in [4.69, 9.17) is 12.2 Å². The second kappa shape index (κ2) is 5.62. The Bertz CT molecular complexity index is 487. The van der Waals surface area contributed by atoms with Gasteiger partial charge in [-0.1, -0.05) is 12.2 Å². The van der Waals surface area contributed by atoms with Gasteiger partial charge in [0.25, 0.3) is 5.69 Å². The topological polar surface area (TPSA) is 59.3 Å². The number of likely N-dealkylation sites (tertiary alicyclic amines) is 1. The molecule has 2 rings (SSSR count). The van der Waals surface area contributed by atoms with Gasteiger partial charge in [0, 0.05) is 19.2 Å². The molecule has 1 aliphatic rings. The molecule has 1 saturated heterocycles. The summed E-state index contributed by atoms with van der Waals surface area (Å²) >= 11 is 6.77. The molecule has 0 saturated carbocycles. The van der Waals surface area contributed by atoms with Crippen molar-refractivity contribution in [3.63, 3.8) is 0 Å². The summed E-state index contributed by atoms with van der Waals surface area (Å²) in [5, 5.41) is 11.4. The molecule has 1 fully saturated rings. The van der Waals surface area contributed by atoms with Gasteiger partial charge in [-0.2, -0.15) is 0 Å². The van der Waals surface area contributed by atoms with Crippen LogP contribution in [-0.2, 0) is 0 Å². The molecule has 0 amide bonds. The summed E-state index contributed by atoms with van der Waals surface area (Å²) < 4.78 is 0.803. The fourth-order valence-electron chi connectivity index (χ4n) is 1.80. The molecule has 1 aromatic rings. The number of aryl methyl sites for hydroxylation is 1. The molecule has 0 aromatic carbocycles. The zero-order valence-electron chi connectivity index (χ0n) is 9.96. The number of thioether (sulfide) groups is 1. The van der Waals surface area contributed by atoms with Gasteiger partial charge >= 0.3 is 0 Å². The van der Waals surface area contributed by atoms with Gasteiger partial charge in [-0.05, 0) is 37.1 Å². The van der Waals surface area contributed by atoms with Crippen LogP contribution in [0.1, 0.15) is 18.4 Å². The molecule has 0 N–H and O–H groups in total. The maximum absolute atomic E-state index is 10.6. The number of nitro groups is 1. The molecule has 18 heavy (non-hydrogen) atoms. The first-order valence-electron chi connectivity index (χ1n) is 5.66. The van der Waals surface area contributed by atoms with Crippen LogP contribution < -0.4 is 0 Å². The number of aromatic nitrogens is 1. The molecule has 0 radical (unpaired) electrons. The molecule has 0 bridgehead atoms. The minimum Gasteiger partial charge on any atom is -0.357 e. The van der Waals surface area contributed by atoms with Crippen molar-refractivity contribution in [2.75, 3.05) is 13.1 Å². The van der Waals surface area contributed by atoms with E-state index < -0.39 is 4.92 Å². The lowest BCUT2D eigenvalue weighted by atomic mass is 10.3. The summed E-state index contributed by atoms with van der Waals surface area (Å²) in [6.07, 6.45) is 3.63. The van der Waals surface area contributed by atoms with Gasteiger partial charge in [-0.25, -0.2) is 4.98 Å². The highest BCUT2D eigenvalue weighted by atomic mass is 32.2. The molecule has 0 aliphatic carbocycles. The SMILES string of the molecule is Cc1cc([N+](=O)[O-])cnc1SC(=S)N1CCCC1. The van der Waals surface area contributed by atoms with Crippen LogP contribution in [0.2, 0.25) is 0 Å². The van der Waals surface area contributed by atoms with Gasteiger partial charge in [-0.15, -0.1) is 0 Å². The van der Waals surface area contributed by atoms with Crippen molar-refractivity contribution in [2.45, 2.75) is 24.8 Å². The minimum absolute atomic E-state index is 0.0175. The Morgan fingerprint density at radius 1 is 1.56 bits per heavy atom. The van der Waals surface area contributed by atoms with E-state index in [0.717, 1.165) is 28.0 Å². The van der Waals surface area contributed by atoms with Gasteiger partial charge in [-0.3, -0.25) is 10.1 Å². The highest BCUT2D eigenvalue weighted by molar-refractivity contribution is 8.22. The Morgan fingerprint density at radius 2 is 2.22 bits per heavy atom. The van der Waals surface area contributed by atoms with Crippen LogP contribution >= 0.6 is 24.0 Å². The normalized spacial score (nSPS) is 14.8. The highest BCUT2D eigenvalue weighted by Crippen LogP contribution is 2.27. The molecule has 0 atom stereocenters. The van der Waals surface area contributed by atoms with Crippen molar-refractivity contribution in [3.8, 4) is 0 Å². The Morgan fingerprint density at radius 3 is 2.78 bits per heavy atom.